The van der Waals surface area contributed by atoms with Gasteiger partial charge in [-0.25, -0.2) is 14.5 Å². The second kappa shape index (κ2) is 6.64. The maximum Gasteiger partial charge on any atom is 0.231 e. The molecular formula is C18H19N5O3. The Labute approximate surface area is 149 Å². The van der Waals surface area contributed by atoms with E-state index in [0.717, 1.165) is 5.39 Å². The van der Waals surface area contributed by atoms with E-state index in [0.29, 0.717) is 47.7 Å². The number of hydrogen-bond acceptors (Lipinski definition) is 7. The average molecular weight is 353 g/mol. The standard InChI is InChI=1S/C18H19N5O3/c1-3-24-18-12-8-15(26-14(12)6-7-20-18)13-9-21-16-4-5-17(22-23(13)16)25-10-11(2)19/h4-9,11H,3,10,19H2,1-2H3. The summed E-state index contributed by atoms with van der Waals surface area (Å²) in [6.45, 7) is 4.71. The molecule has 4 heterocycles. The lowest BCUT2D eigenvalue weighted by molar-refractivity contribution is 0.281. The van der Waals surface area contributed by atoms with Crippen LogP contribution in [0.4, 0.5) is 0 Å². The Morgan fingerprint density at radius 1 is 1.23 bits per heavy atom. The SMILES string of the molecule is CCOc1nccc2oc(-c3cnc4ccc(OCC(C)N)nn34)cc12. The Morgan fingerprint density at radius 2 is 2.12 bits per heavy atom. The Bertz CT molecular complexity index is 1050. The van der Waals surface area contributed by atoms with E-state index in [1.807, 2.05) is 26.0 Å². The average Bonchev–Trinajstić information content (AvgIpc) is 3.24. The summed E-state index contributed by atoms with van der Waals surface area (Å²) in [7, 11) is 0. The molecule has 0 spiro atoms. The molecule has 1 atom stereocenters. The number of rotatable bonds is 6. The fraction of sp³-hybridized carbons (Fsp3) is 0.278. The van der Waals surface area contributed by atoms with Crippen molar-refractivity contribution < 1.29 is 13.9 Å². The minimum atomic E-state index is -0.0744. The minimum Gasteiger partial charge on any atom is -0.477 e. The number of nitrogens with zero attached hydrogens (tertiary/aromatic N) is 4. The molecular weight excluding hydrogens is 334 g/mol. The van der Waals surface area contributed by atoms with Crippen molar-refractivity contribution in [3.05, 3.63) is 36.7 Å². The van der Waals surface area contributed by atoms with Crippen LogP contribution in [0, 0.1) is 0 Å². The fourth-order valence-electron chi connectivity index (χ4n) is 2.63. The molecule has 8 heteroatoms. The monoisotopic (exact) mass is 353 g/mol. The molecule has 0 saturated heterocycles. The van der Waals surface area contributed by atoms with Crippen LogP contribution in [0.2, 0.25) is 0 Å². The summed E-state index contributed by atoms with van der Waals surface area (Å²) < 4.78 is 18.8. The van der Waals surface area contributed by atoms with Crippen LogP contribution in [0.3, 0.4) is 0 Å². The van der Waals surface area contributed by atoms with Gasteiger partial charge in [0.25, 0.3) is 0 Å². The largest absolute Gasteiger partial charge is 0.477 e. The number of aromatic nitrogens is 4. The van der Waals surface area contributed by atoms with Gasteiger partial charge in [-0.3, -0.25) is 0 Å². The molecule has 0 aliphatic rings. The molecule has 4 aromatic rings. The summed E-state index contributed by atoms with van der Waals surface area (Å²) in [6.07, 6.45) is 3.37. The van der Waals surface area contributed by atoms with Crippen molar-refractivity contribution in [3.8, 4) is 23.2 Å². The van der Waals surface area contributed by atoms with Crippen molar-refractivity contribution >= 4 is 16.6 Å². The van der Waals surface area contributed by atoms with E-state index in [-0.39, 0.29) is 6.04 Å². The predicted octanol–water partition coefficient (Wildman–Crippen LogP) is 2.66. The molecule has 0 aromatic carbocycles. The molecule has 0 fully saturated rings. The molecule has 0 radical (unpaired) electrons. The number of nitrogens with two attached hydrogens (primary N) is 1. The van der Waals surface area contributed by atoms with Crippen LogP contribution in [0.1, 0.15) is 13.8 Å². The molecule has 8 nitrogen and oxygen atoms in total. The molecule has 0 aliphatic heterocycles. The number of imidazole rings is 1. The zero-order valence-electron chi connectivity index (χ0n) is 14.5. The van der Waals surface area contributed by atoms with E-state index >= 15 is 0 Å². The van der Waals surface area contributed by atoms with Crippen molar-refractivity contribution in [1.29, 1.82) is 0 Å². The summed E-state index contributed by atoms with van der Waals surface area (Å²) in [5.41, 5.74) is 7.83. The molecule has 1 unspecified atom stereocenters. The van der Waals surface area contributed by atoms with Gasteiger partial charge in [-0.05, 0) is 26.0 Å². The smallest absolute Gasteiger partial charge is 0.231 e. The highest BCUT2D eigenvalue weighted by molar-refractivity contribution is 5.86. The summed E-state index contributed by atoms with van der Waals surface area (Å²) in [5, 5.41) is 5.29. The van der Waals surface area contributed by atoms with Gasteiger partial charge in [0.05, 0.1) is 18.2 Å². The molecule has 0 bridgehead atoms. The second-order valence-electron chi connectivity index (χ2n) is 5.94. The number of furan rings is 1. The van der Waals surface area contributed by atoms with Crippen molar-refractivity contribution in [1.82, 2.24) is 19.6 Å². The van der Waals surface area contributed by atoms with Crippen LogP contribution >= 0.6 is 0 Å². The van der Waals surface area contributed by atoms with Crippen LogP contribution in [0.5, 0.6) is 11.8 Å². The molecule has 0 amide bonds. The Kier molecular flexibility index (Phi) is 4.18. The van der Waals surface area contributed by atoms with Gasteiger partial charge in [-0.2, -0.15) is 0 Å². The lowest BCUT2D eigenvalue weighted by Crippen LogP contribution is -2.24. The van der Waals surface area contributed by atoms with Crippen molar-refractivity contribution in [2.45, 2.75) is 19.9 Å². The third kappa shape index (κ3) is 2.95. The van der Waals surface area contributed by atoms with E-state index in [9.17, 15) is 0 Å². The predicted molar refractivity (Wildman–Crippen MR) is 96.3 cm³/mol. The van der Waals surface area contributed by atoms with Crippen molar-refractivity contribution in [3.63, 3.8) is 0 Å². The van der Waals surface area contributed by atoms with Crippen LogP contribution in [-0.2, 0) is 0 Å². The Balaban J connectivity index is 1.77. The van der Waals surface area contributed by atoms with Crippen LogP contribution < -0.4 is 15.2 Å². The summed E-state index contributed by atoms with van der Waals surface area (Å²) in [6, 6.07) is 7.21. The third-order valence-electron chi connectivity index (χ3n) is 3.77. The highest BCUT2D eigenvalue weighted by Gasteiger charge is 2.16. The molecule has 0 saturated carbocycles. The summed E-state index contributed by atoms with van der Waals surface area (Å²) >= 11 is 0. The Hall–Kier alpha value is -3.13. The van der Waals surface area contributed by atoms with Gasteiger partial charge in [0.1, 0.15) is 17.9 Å². The number of ether oxygens (including phenoxy) is 2. The number of pyridine rings is 1. The lowest BCUT2D eigenvalue weighted by Gasteiger charge is -2.08. The van der Waals surface area contributed by atoms with Gasteiger partial charge < -0.3 is 19.6 Å². The highest BCUT2D eigenvalue weighted by atomic mass is 16.5. The summed E-state index contributed by atoms with van der Waals surface area (Å²) in [5.74, 6) is 1.64. The van der Waals surface area contributed by atoms with E-state index in [1.54, 1.807) is 29.0 Å². The van der Waals surface area contributed by atoms with Gasteiger partial charge in [0.2, 0.25) is 11.8 Å². The topological polar surface area (TPSA) is 101 Å². The quantitative estimate of drug-likeness (QED) is 0.568. The molecule has 26 heavy (non-hydrogen) atoms. The van der Waals surface area contributed by atoms with Crippen molar-refractivity contribution in [2.75, 3.05) is 13.2 Å². The maximum absolute atomic E-state index is 5.96. The molecule has 134 valence electrons. The van der Waals surface area contributed by atoms with E-state index in [4.69, 9.17) is 19.6 Å². The van der Waals surface area contributed by atoms with E-state index in [1.165, 1.54) is 0 Å². The zero-order chi connectivity index (χ0) is 18.1. The minimum absolute atomic E-state index is 0.0744. The fourth-order valence-corrected chi connectivity index (χ4v) is 2.63. The first-order chi connectivity index (χ1) is 12.7. The number of fused-ring (bicyclic) bond motifs is 2. The van der Waals surface area contributed by atoms with Gasteiger partial charge in [-0.1, -0.05) is 0 Å². The van der Waals surface area contributed by atoms with E-state index in [2.05, 4.69) is 15.1 Å². The molecule has 4 rings (SSSR count). The first-order valence-electron chi connectivity index (χ1n) is 8.40. The summed E-state index contributed by atoms with van der Waals surface area (Å²) in [4.78, 5) is 8.63. The molecule has 4 aromatic heterocycles. The zero-order valence-corrected chi connectivity index (χ0v) is 14.5. The highest BCUT2D eigenvalue weighted by Crippen LogP contribution is 2.32. The van der Waals surface area contributed by atoms with Crippen LogP contribution in [0.25, 0.3) is 28.1 Å². The molecule has 2 N–H and O–H groups in total. The number of hydrogen-bond donors (Lipinski definition) is 1. The van der Waals surface area contributed by atoms with Crippen LogP contribution in [0.15, 0.2) is 41.1 Å². The lowest BCUT2D eigenvalue weighted by atomic mass is 10.3. The first-order valence-corrected chi connectivity index (χ1v) is 8.40. The first kappa shape index (κ1) is 16.3. The van der Waals surface area contributed by atoms with Gasteiger partial charge in [0.15, 0.2) is 11.4 Å². The molecule has 0 aliphatic carbocycles. The Morgan fingerprint density at radius 3 is 2.92 bits per heavy atom. The second-order valence-corrected chi connectivity index (χ2v) is 5.94. The third-order valence-corrected chi connectivity index (χ3v) is 3.77. The maximum atomic E-state index is 5.96. The van der Waals surface area contributed by atoms with Gasteiger partial charge in [-0.15, -0.1) is 5.10 Å². The normalized spacial score (nSPS) is 12.6. The van der Waals surface area contributed by atoms with Gasteiger partial charge >= 0.3 is 0 Å². The van der Waals surface area contributed by atoms with E-state index < -0.39 is 0 Å². The van der Waals surface area contributed by atoms with Crippen molar-refractivity contribution in [2.24, 2.45) is 5.73 Å². The van der Waals surface area contributed by atoms with Crippen LogP contribution in [-0.4, -0.2) is 38.8 Å². The van der Waals surface area contributed by atoms with Gasteiger partial charge in [0, 0.05) is 24.4 Å².